The lowest BCUT2D eigenvalue weighted by molar-refractivity contribution is 0.153. The zero-order valence-electron chi connectivity index (χ0n) is 8.20. The summed E-state index contributed by atoms with van der Waals surface area (Å²) in [6.07, 6.45) is 5.92. The molecule has 3 heteroatoms. The number of fused-ring (bicyclic) bond motifs is 1. The molecule has 0 bridgehead atoms. The Morgan fingerprint density at radius 2 is 2.14 bits per heavy atom. The molecule has 1 unspecified atom stereocenters. The van der Waals surface area contributed by atoms with Gasteiger partial charge in [0.1, 0.15) is 5.76 Å². The van der Waals surface area contributed by atoms with Crippen molar-refractivity contribution < 1.29 is 9.52 Å². The van der Waals surface area contributed by atoms with Crippen LogP contribution < -0.4 is 0 Å². The van der Waals surface area contributed by atoms with Crippen molar-refractivity contribution in [3.8, 4) is 0 Å². The predicted molar refractivity (Wildman–Crippen MR) is 51.1 cm³/mol. The van der Waals surface area contributed by atoms with Crippen molar-refractivity contribution in [1.82, 2.24) is 4.98 Å². The zero-order valence-corrected chi connectivity index (χ0v) is 8.20. The van der Waals surface area contributed by atoms with Gasteiger partial charge in [-0.25, -0.2) is 4.98 Å². The molecule has 3 rings (SSSR count). The molecule has 1 N–H and O–H groups in total. The lowest BCUT2D eigenvalue weighted by Crippen LogP contribution is -2.17. The summed E-state index contributed by atoms with van der Waals surface area (Å²) in [7, 11) is 0. The number of nitrogens with zero attached hydrogens (tertiary/aromatic N) is 1. The van der Waals surface area contributed by atoms with Crippen LogP contribution in [0.15, 0.2) is 4.42 Å². The predicted octanol–water partition coefficient (Wildman–Crippen LogP) is 1.79. The molecule has 0 spiro atoms. The molecule has 1 heterocycles. The minimum Gasteiger partial charge on any atom is -0.445 e. The van der Waals surface area contributed by atoms with Crippen LogP contribution in [0, 0.1) is 0 Å². The number of oxazole rings is 1. The van der Waals surface area contributed by atoms with E-state index in [1.807, 2.05) is 0 Å². The van der Waals surface area contributed by atoms with Crippen molar-refractivity contribution in [3.63, 3.8) is 0 Å². The monoisotopic (exact) mass is 193 g/mol. The van der Waals surface area contributed by atoms with E-state index in [2.05, 4.69) is 4.98 Å². The van der Waals surface area contributed by atoms with E-state index in [0.717, 1.165) is 30.2 Å². The average molecular weight is 193 g/mol. The Bertz CT molecular complexity index is 341. The van der Waals surface area contributed by atoms with Crippen LogP contribution >= 0.6 is 0 Å². The van der Waals surface area contributed by atoms with E-state index in [0.29, 0.717) is 12.3 Å². The van der Waals surface area contributed by atoms with Crippen molar-refractivity contribution in [1.29, 1.82) is 0 Å². The van der Waals surface area contributed by atoms with Crippen LogP contribution in [-0.4, -0.2) is 16.2 Å². The minimum absolute atomic E-state index is 0.207. The Hall–Kier alpha value is -0.830. The van der Waals surface area contributed by atoms with Gasteiger partial charge in [0.15, 0.2) is 5.89 Å². The summed E-state index contributed by atoms with van der Waals surface area (Å²) in [5, 5.41) is 9.49. The summed E-state index contributed by atoms with van der Waals surface area (Å²) in [5.74, 6) is 2.52. The normalized spacial score (nSPS) is 27.1. The summed E-state index contributed by atoms with van der Waals surface area (Å²) in [4.78, 5) is 4.50. The second kappa shape index (κ2) is 3.09. The van der Waals surface area contributed by atoms with Crippen LogP contribution in [0.25, 0.3) is 0 Å². The number of aliphatic hydroxyl groups excluding tert-OH is 1. The van der Waals surface area contributed by atoms with Gasteiger partial charge in [-0.3, -0.25) is 0 Å². The highest BCUT2D eigenvalue weighted by Crippen LogP contribution is 2.37. The van der Waals surface area contributed by atoms with E-state index in [1.54, 1.807) is 0 Å². The Morgan fingerprint density at radius 1 is 1.29 bits per heavy atom. The van der Waals surface area contributed by atoms with Gasteiger partial charge in [0.05, 0.1) is 11.8 Å². The van der Waals surface area contributed by atoms with Gasteiger partial charge in [-0.2, -0.15) is 0 Å². The standard InChI is InChI=1S/C11H15NO2/c13-8-4-5-10-9(6-8)12-11(14-10)7-2-1-3-7/h7-8,13H,1-6H2. The van der Waals surface area contributed by atoms with Gasteiger partial charge < -0.3 is 9.52 Å². The van der Waals surface area contributed by atoms with Crippen LogP contribution in [-0.2, 0) is 12.8 Å². The number of aliphatic hydroxyl groups is 1. The average Bonchev–Trinajstić information content (AvgIpc) is 2.43. The first-order valence-electron chi connectivity index (χ1n) is 5.49. The van der Waals surface area contributed by atoms with Crippen molar-refractivity contribution in [2.45, 2.75) is 50.5 Å². The Labute approximate surface area is 83.1 Å². The first kappa shape index (κ1) is 8.48. The molecule has 0 aromatic carbocycles. The molecule has 0 saturated heterocycles. The molecule has 1 atom stereocenters. The smallest absolute Gasteiger partial charge is 0.197 e. The molecule has 0 amide bonds. The van der Waals surface area contributed by atoms with Crippen molar-refractivity contribution >= 4 is 0 Å². The number of aromatic nitrogens is 1. The second-order valence-electron chi connectivity index (χ2n) is 4.45. The maximum atomic E-state index is 9.49. The third-order valence-electron chi connectivity index (χ3n) is 3.38. The third kappa shape index (κ3) is 1.27. The molecule has 1 fully saturated rings. The summed E-state index contributed by atoms with van der Waals surface area (Å²) in [6, 6.07) is 0. The van der Waals surface area contributed by atoms with Gasteiger partial charge in [-0.05, 0) is 19.3 Å². The molecule has 1 aromatic heterocycles. The van der Waals surface area contributed by atoms with Crippen molar-refractivity contribution in [2.24, 2.45) is 0 Å². The van der Waals surface area contributed by atoms with Crippen molar-refractivity contribution in [2.75, 3.05) is 0 Å². The molecule has 76 valence electrons. The SMILES string of the molecule is OC1CCc2oc(C3CCC3)nc2C1. The first-order valence-corrected chi connectivity index (χ1v) is 5.49. The topological polar surface area (TPSA) is 46.3 Å². The molecule has 1 aromatic rings. The highest BCUT2D eigenvalue weighted by Gasteiger charge is 2.28. The maximum absolute atomic E-state index is 9.49. The van der Waals surface area contributed by atoms with Gasteiger partial charge >= 0.3 is 0 Å². The number of hydrogen-bond donors (Lipinski definition) is 1. The fraction of sp³-hybridized carbons (Fsp3) is 0.727. The first-order chi connectivity index (χ1) is 6.83. The van der Waals surface area contributed by atoms with E-state index >= 15 is 0 Å². The van der Waals surface area contributed by atoms with Crippen molar-refractivity contribution in [3.05, 3.63) is 17.3 Å². The van der Waals surface area contributed by atoms with Gasteiger partial charge in [-0.15, -0.1) is 0 Å². The molecule has 3 nitrogen and oxygen atoms in total. The van der Waals surface area contributed by atoms with Crippen LogP contribution in [0.2, 0.25) is 0 Å². The molecule has 2 aliphatic rings. The summed E-state index contributed by atoms with van der Waals surface area (Å²) < 4.78 is 5.74. The maximum Gasteiger partial charge on any atom is 0.197 e. The van der Waals surface area contributed by atoms with Crippen LogP contribution in [0.5, 0.6) is 0 Å². The van der Waals surface area contributed by atoms with Gasteiger partial charge in [0.25, 0.3) is 0 Å². The third-order valence-corrected chi connectivity index (χ3v) is 3.38. The quantitative estimate of drug-likeness (QED) is 0.739. The molecule has 0 aliphatic heterocycles. The van der Waals surface area contributed by atoms with Crippen LogP contribution in [0.3, 0.4) is 0 Å². The summed E-state index contributed by atoms with van der Waals surface area (Å²) in [5.41, 5.74) is 1.01. The fourth-order valence-electron chi connectivity index (χ4n) is 2.21. The zero-order chi connectivity index (χ0) is 9.54. The van der Waals surface area contributed by atoms with E-state index in [1.165, 1.54) is 19.3 Å². The van der Waals surface area contributed by atoms with E-state index in [-0.39, 0.29) is 6.10 Å². The molecule has 1 saturated carbocycles. The minimum atomic E-state index is -0.207. The molecular formula is C11H15NO2. The number of hydrogen-bond acceptors (Lipinski definition) is 3. The summed E-state index contributed by atoms with van der Waals surface area (Å²) >= 11 is 0. The highest BCUT2D eigenvalue weighted by atomic mass is 16.4. The van der Waals surface area contributed by atoms with E-state index in [4.69, 9.17) is 4.42 Å². The van der Waals surface area contributed by atoms with Crippen LogP contribution in [0.1, 0.15) is 48.9 Å². The van der Waals surface area contributed by atoms with Crippen LogP contribution in [0.4, 0.5) is 0 Å². The van der Waals surface area contributed by atoms with Gasteiger partial charge in [-0.1, -0.05) is 6.42 Å². The Kier molecular flexibility index (Phi) is 1.87. The Balaban J connectivity index is 1.87. The fourth-order valence-corrected chi connectivity index (χ4v) is 2.21. The summed E-state index contributed by atoms with van der Waals surface area (Å²) in [6.45, 7) is 0. The van der Waals surface area contributed by atoms with E-state index in [9.17, 15) is 5.11 Å². The van der Waals surface area contributed by atoms with E-state index < -0.39 is 0 Å². The molecule has 0 radical (unpaired) electrons. The van der Waals surface area contributed by atoms with Gasteiger partial charge in [0, 0.05) is 18.8 Å². The molecule has 2 aliphatic carbocycles. The Morgan fingerprint density at radius 3 is 2.86 bits per heavy atom. The highest BCUT2D eigenvalue weighted by molar-refractivity contribution is 5.16. The largest absolute Gasteiger partial charge is 0.445 e. The lowest BCUT2D eigenvalue weighted by Gasteiger charge is -2.21. The molecular weight excluding hydrogens is 178 g/mol. The van der Waals surface area contributed by atoms with Gasteiger partial charge in [0.2, 0.25) is 0 Å². The second-order valence-corrected chi connectivity index (χ2v) is 4.45. The number of rotatable bonds is 1. The lowest BCUT2D eigenvalue weighted by atomic mass is 9.85. The molecule has 14 heavy (non-hydrogen) atoms. The number of aryl methyl sites for hydroxylation is 1.